The number of carboxylic acids is 1. The van der Waals surface area contributed by atoms with Crippen LogP contribution in [0.5, 0.6) is 0 Å². The lowest BCUT2D eigenvalue weighted by atomic mass is 10.1. The summed E-state index contributed by atoms with van der Waals surface area (Å²) in [6, 6.07) is 17.2. The number of aromatic amines is 1. The van der Waals surface area contributed by atoms with Gasteiger partial charge in [0.15, 0.2) is 5.82 Å². The molecule has 8 heteroatoms. The second-order valence-corrected chi connectivity index (χ2v) is 7.70. The van der Waals surface area contributed by atoms with Crippen LogP contribution in [0.2, 0.25) is 0 Å². The molecule has 4 rings (SSSR count). The maximum absolute atomic E-state index is 11.1. The van der Waals surface area contributed by atoms with Crippen molar-refractivity contribution in [3.05, 3.63) is 70.6 Å². The number of aryl methyl sites for hydroxylation is 1. The lowest BCUT2D eigenvalue weighted by Gasteiger charge is -2.12. The van der Waals surface area contributed by atoms with Gasteiger partial charge >= 0.3 is 5.97 Å². The predicted octanol–water partition coefficient (Wildman–Crippen LogP) is 4.40. The molecule has 2 aromatic rings. The van der Waals surface area contributed by atoms with Crippen molar-refractivity contribution in [1.82, 2.24) is 14.8 Å². The second-order valence-electron chi connectivity index (χ2n) is 6.91. The van der Waals surface area contributed by atoms with Crippen LogP contribution in [0.4, 0.5) is 11.5 Å². The number of carboxylic acid groups (broad SMARTS) is 1. The van der Waals surface area contributed by atoms with Crippen LogP contribution >= 0.6 is 15.9 Å². The second kappa shape index (κ2) is 8.16. The van der Waals surface area contributed by atoms with E-state index in [1.165, 1.54) is 6.92 Å². The number of nitrogens with zero attached hydrogens (tertiary/aromatic N) is 3. The molecule has 3 N–H and O–H groups in total. The zero-order valence-electron chi connectivity index (χ0n) is 16.4. The van der Waals surface area contributed by atoms with Gasteiger partial charge < -0.3 is 10.4 Å². The molecule has 7 nitrogen and oxygen atoms in total. The van der Waals surface area contributed by atoms with E-state index in [-0.39, 0.29) is 0 Å². The topological polar surface area (TPSA) is 95.3 Å². The van der Waals surface area contributed by atoms with E-state index in [9.17, 15) is 4.79 Å². The molecule has 2 aliphatic heterocycles. The molecule has 0 aliphatic carbocycles. The fourth-order valence-electron chi connectivity index (χ4n) is 3.21. The highest BCUT2D eigenvalue weighted by Crippen LogP contribution is 2.37. The van der Waals surface area contributed by atoms with E-state index in [0.29, 0.717) is 5.36 Å². The average molecular weight is 466 g/mol. The molecule has 1 atom stereocenters. The summed E-state index contributed by atoms with van der Waals surface area (Å²) in [6.45, 7) is 1.54. The molecule has 0 unspecified atom stereocenters. The van der Waals surface area contributed by atoms with Gasteiger partial charge in [-0.05, 0) is 46.1 Å². The lowest BCUT2D eigenvalue weighted by Crippen LogP contribution is -2.18. The fourth-order valence-corrected chi connectivity index (χ4v) is 3.80. The number of benzene rings is 2. The Morgan fingerprint density at radius 1 is 1.23 bits per heavy atom. The fraction of sp³-hybridized carbons (Fsp3) is 0.136. The SMILES string of the molecule is C[C@H](N=c1cnc2c(Nc3cccc(-c4ccccc4)c3Br)[nH]n(C)c-2c1)C(=O)O. The summed E-state index contributed by atoms with van der Waals surface area (Å²) in [4.78, 5) is 19.8. The first kappa shape index (κ1) is 19.9. The normalized spacial score (nSPS) is 12.8. The van der Waals surface area contributed by atoms with Crippen molar-refractivity contribution >= 4 is 33.4 Å². The summed E-state index contributed by atoms with van der Waals surface area (Å²) in [7, 11) is 1.87. The summed E-state index contributed by atoms with van der Waals surface area (Å²) in [6.07, 6.45) is 1.58. The van der Waals surface area contributed by atoms with Crippen LogP contribution in [0.3, 0.4) is 0 Å². The van der Waals surface area contributed by atoms with Crippen molar-refractivity contribution in [2.45, 2.75) is 13.0 Å². The van der Waals surface area contributed by atoms with E-state index >= 15 is 0 Å². The first-order valence-electron chi connectivity index (χ1n) is 9.36. The van der Waals surface area contributed by atoms with Crippen LogP contribution in [0.15, 0.2) is 70.3 Å². The number of aromatic nitrogens is 3. The zero-order valence-corrected chi connectivity index (χ0v) is 18.0. The summed E-state index contributed by atoms with van der Waals surface area (Å²) in [5.41, 5.74) is 4.64. The molecule has 152 valence electrons. The predicted molar refractivity (Wildman–Crippen MR) is 120 cm³/mol. The third-order valence-electron chi connectivity index (χ3n) is 4.77. The first-order chi connectivity index (χ1) is 14.4. The Bertz CT molecular complexity index is 1250. The summed E-state index contributed by atoms with van der Waals surface area (Å²) < 4.78 is 2.77. The molecule has 0 fully saturated rings. The standard InChI is InChI=1S/C22H20BrN5O2/c1-13(22(29)30)25-15-11-18-20(24-12-15)21(27-28(18)2)26-17-10-6-9-16(19(17)23)14-7-4-3-5-8-14/h3-13,26-27H,1-2H3,(H,29,30)/t13-/m0/s1. The molecule has 0 bridgehead atoms. The van der Waals surface area contributed by atoms with Crippen LogP contribution in [0, 0.1) is 0 Å². The van der Waals surface area contributed by atoms with E-state index < -0.39 is 12.0 Å². The Morgan fingerprint density at radius 3 is 2.73 bits per heavy atom. The number of H-pyrrole nitrogens is 1. The first-order valence-corrected chi connectivity index (χ1v) is 10.2. The number of rotatable bonds is 5. The zero-order chi connectivity index (χ0) is 21.3. The van der Waals surface area contributed by atoms with Crippen molar-refractivity contribution in [3.63, 3.8) is 0 Å². The van der Waals surface area contributed by atoms with Crippen LogP contribution in [0.1, 0.15) is 6.92 Å². The van der Waals surface area contributed by atoms with E-state index in [2.05, 4.69) is 54.5 Å². The van der Waals surface area contributed by atoms with E-state index in [4.69, 9.17) is 5.11 Å². The number of fused-ring (bicyclic) bond motifs is 1. The molecule has 2 aromatic carbocycles. The van der Waals surface area contributed by atoms with Crippen molar-refractivity contribution in [3.8, 4) is 22.5 Å². The highest BCUT2D eigenvalue weighted by atomic mass is 79.9. The van der Waals surface area contributed by atoms with Crippen molar-refractivity contribution < 1.29 is 9.90 Å². The van der Waals surface area contributed by atoms with Crippen LogP contribution in [0.25, 0.3) is 22.5 Å². The molecule has 0 spiro atoms. The van der Waals surface area contributed by atoms with Gasteiger partial charge in [0.05, 0.1) is 22.9 Å². The molecule has 0 aromatic heterocycles. The highest BCUT2D eigenvalue weighted by Gasteiger charge is 2.17. The molecule has 30 heavy (non-hydrogen) atoms. The summed E-state index contributed by atoms with van der Waals surface area (Å²) in [5, 5.41) is 16.3. The van der Waals surface area contributed by atoms with Crippen LogP contribution in [-0.4, -0.2) is 31.9 Å². The number of halogens is 1. The number of hydrogen-bond acceptors (Lipinski definition) is 4. The molecule has 0 saturated carbocycles. The molecular formula is C22H20BrN5O2. The van der Waals surface area contributed by atoms with Gasteiger partial charge in [0, 0.05) is 11.5 Å². The van der Waals surface area contributed by atoms with Gasteiger partial charge in [0.25, 0.3) is 0 Å². The minimum atomic E-state index is -0.973. The van der Waals surface area contributed by atoms with Gasteiger partial charge in [-0.3, -0.25) is 14.8 Å². The highest BCUT2D eigenvalue weighted by molar-refractivity contribution is 9.10. The molecular weight excluding hydrogens is 446 g/mol. The van der Waals surface area contributed by atoms with Gasteiger partial charge in [0.2, 0.25) is 0 Å². The van der Waals surface area contributed by atoms with Gasteiger partial charge in [-0.1, -0.05) is 42.5 Å². The van der Waals surface area contributed by atoms with E-state index in [1.807, 2.05) is 48.1 Å². The van der Waals surface area contributed by atoms with Gasteiger partial charge in [0.1, 0.15) is 11.7 Å². The van der Waals surface area contributed by atoms with Crippen LogP contribution < -0.4 is 10.7 Å². The Kier molecular flexibility index (Phi) is 5.41. The smallest absolute Gasteiger partial charge is 0.328 e. The number of nitrogens with one attached hydrogen (secondary N) is 2. The number of anilines is 2. The Hall–Kier alpha value is -3.39. The maximum Gasteiger partial charge on any atom is 0.328 e. The maximum atomic E-state index is 11.1. The number of carbonyl (C=O) groups is 1. The number of pyridine rings is 1. The molecule has 0 radical (unpaired) electrons. The quantitative estimate of drug-likeness (QED) is 0.406. The third-order valence-corrected chi connectivity index (χ3v) is 5.63. The number of aliphatic carboxylic acids is 1. The van der Waals surface area contributed by atoms with Crippen molar-refractivity contribution in [1.29, 1.82) is 0 Å². The lowest BCUT2D eigenvalue weighted by molar-refractivity contribution is -0.138. The molecule has 0 amide bonds. The van der Waals surface area contributed by atoms with Gasteiger partial charge in [-0.15, -0.1) is 0 Å². The number of hydrogen-bond donors (Lipinski definition) is 3. The molecule has 2 aliphatic rings. The van der Waals surface area contributed by atoms with Crippen molar-refractivity contribution in [2.75, 3.05) is 5.32 Å². The van der Waals surface area contributed by atoms with Gasteiger partial charge in [-0.2, -0.15) is 0 Å². The van der Waals surface area contributed by atoms with E-state index in [1.54, 1.807) is 6.20 Å². The minimum absolute atomic E-state index is 0.519. The van der Waals surface area contributed by atoms with Gasteiger partial charge in [-0.25, -0.2) is 9.78 Å². The van der Waals surface area contributed by atoms with E-state index in [0.717, 1.165) is 38.5 Å². The Labute approximate surface area is 181 Å². The monoisotopic (exact) mass is 465 g/mol. The minimum Gasteiger partial charge on any atom is -0.480 e. The average Bonchev–Trinajstić information content (AvgIpc) is 3.05. The molecule has 0 saturated heterocycles. The van der Waals surface area contributed by atoms with Crippen LogP contribution in [-0.2, 0) is 11.8 Å². The Balaban J connectivity index is 1.71. The largest absolute Gasteiger partial charge is 0.480 e. The summed E-state index contributed by atoms with van der Waals surface area (Å²) in [5.74, 6) is -0.240. The molecule has 2 heterocycles. The third kappa shape index (κ3) is 3.86. The summed E-state index contributed by atoms with van der Waals surface area (Å²) >= 11 is 3.72. The Morgan fingerprint density at radius 2 is 2.00 bits per heavy atom. The van der Waals surface area contributed by atoms with Crippen molar-refractivity contribution in [2.24, 2.45) is 12.0 Å².